The standard InChI is InChI=1S/C18H22N6O4.ClH/c25-17(12-28-15-4-2-1-3-14(15)24(26)27)22-8-5-13(6-9-22)18-21-20-16-11-19-7-10-23(16)18;/h1-4,13,19H,5-12H2;1H. The molecule has 1 N–H and O–H groups in total. The Hall–Kier alpha value is -2.72. The fourth-order valence-corrected chi connectivity index (χ4v) is 3.76. The van der Waals surface area contributed by atoms with Crippen LogP contribution in [-0.4, -0.2) is 56.7 Å². The van der Waals surface area contributed by atoms with Gasteiger partial charge in [0.15, 0.2) is 12.4 Å². The summed E-state index contributed by atoms with van der Waals surface area (Å²) in [6.45, 7) is 3.56. The van der Waals surface area contributed by atoms with Crippen molar-refractivity contribution in [2.24, 2.45) is 0 Å². The molecule has 0 atom stereocenters. The van der Waals surface area contributed by atoms with Gasteiger partial charge in [-0.2, -0.15) is 0 Å². The Labute approximate surface area is 173 Å². The third-order valence-electron chi connectivity index (χ3n) is 5.28. The largest absolute Gasteiger partial charge is 0.477 e. The number of likely N-dealkylation sites (tertiary alicyclic amines) is 1. The lowest BCUT2D eigenvalue weighted by Crippen LogP contribution is -2.41. The van der Waals surface area contributed by atoms with Crippen molar-refractivity contribution < 1.29 is 14.5 Å². The minimum absolute atomic E-state index is 0. The number of nitrogens with zero attached hydrogens (tertiary/aromatic N) is 5. The van der Waals surface area contributed by atoms with Crippen molar-refractivity contribution in [1.82, 2.24) is 25.0 Å². The molecule has 1 fully saturated rings. The maximum Gasteiger partial charge on any atom is 0.310 e. The number of hydrogen-bond acceptors (Lipinski definition) is 7. The van der Waals surface area contributed by atoms with Crippen LogP contribution in [0.1, 0.15) is 30.4 Å². The topological polar surface area (TPSA) is 115 Å². The molecule has 0 bridgehead atoms. The highest BCUT2D eigenvalue weighted by molar-refractivity contribution is 5.85. The predicted octanol–water partition coefficient (Wildman–Crippen LogP) is 1.50. The summed E-state index contributed by atoms with van der Waals surface area (Å²) in [5.41, 5.74) is -0.139. The number of halogens is 1. The molecule has 156 valence electrons. The van der Waals surface area contributed by atoms with Crippen LogP contribution in [-0.2, 0) is 17.9 Å². The first kappa shape index (κ1) is 21.0. The van der Waals surface area contributed by atoms with Crippen LogP contribution in [0.5, 0.6) is 5.75 Å². The lowest BCUT2D eigenvalue weighted by molar-refractivity contribution is -0.385. The molecule has 29 heavy (non-hydrogen) atoms. The molecule has 2 aromatic rings. The Morgan fingerprint density at radius 2 is 2.00 bits per heavy atom. The monoisotopic (exact) mass is 422 g/mol. The first-order chi connectivity index (χ1) is 13.6. The van der Waals surface area contributed by atoms with Gasteiger partial charge in [0.2, 0.25) is 0 Å². The lowest BCUT2D eigenvalue weighted by atomic mass is 9.95. The summed E-state index contributed by atoms with van der Waals surface area (Å²) in [5.74, 6) is 2.22. The molecule has 3 heterocycles. The molecule has 2 aliphatic rings. The maximum atomic E-state index is 12.5. The molecule has 1 aromatic carbocycles. The Morgan fingerprint density at radius 1 is 1.24 bits per heavy atom. The molecule has 10 nitrogen and oxygen atoms in total. The summed E-state index contributed by atoms with van der Waals surface area (Å²) < 4.78 is 7.61. The molecule has 2 aliphatic heterocycles. The second-order valence-corrected chi connectivity index (χ2v) is 6.97. The van der Waals surface area contributed by atoms with Gasteiger partial charge < -0.3 is 19.5 Å². The summed E-state index contributed by atoms with van der Waals surface area (Å²) in [6, 6.07) is 6.07. The van der Waals surface area contributed by atoms with E-state index in [1.807, 2.05) is 0 Å². The van der Waals surface area contributed by atoms with Crippen molar-refractivity contribution >= 4 is 24.0 Å². The van der Waals surface area contributed by atoms with Gasteiger partial charge in [0, 0.05) is 38.2 Å². The SMILES string of the molecule is Cl.O=C(COc1ccccc1[N+](=O)[O-])N1CCC(c2nnc3n2CCNC3)CC1. The van der Waals surface area contributed by atoms with Crippen LogP contribution in [0, 0.1) is 10.1 Å². The molecule has 0 radical (unpaired) electrons. The number of carbonyl (C=O) groups is 1. The van der Waals surface area contributed by atoms with Crippen LogP contribution < -0.4 is 10.1 Å². The molecule has 0 saturated carbocycles. The van der Waals surface area contributed by atoms with E-state index in [1.54, 1.807) is 17.0 Å². The highest BCUT2D eigenvalue weighted by Gasteiger charge is 2.29. The fourth-order valence-electron chi connectivity index (χ4n) is 3.76. The Kier molecular flexibility index (Phi) is 6.65. The number of benzene rings is 1. The number of ether oxygens (including phenoxy) is 1. The van der Waals surface area contributed by atoms with E-state index in [4.69, 9.17) is 4.74 Å². The number of fused-ring (bicyclic) bond motifs is 1. The highest BCUT2D eigenvalue weighted by Crippen LogP contribution is 2.29. The van der Waals surface area contributed by atoms with Crippen molar-refractivity contribution in [2.45, 2.75) is 31.8 Å². The summed E-state index contributed by atoms with van der Waals surface area (Å²) in [5, 5.41) is 23.0. The zero-order valence-corrected chi connectivity index (χ0v) is 16.6. The van der Waals surface area contributed by atoms with E-state index in [2.05, 4.69) is 20.1 Å². The number of rotatable bonds is 5. The minimum atomic E-state index is -0.514. The molecule has 0 unspecified atom stereocenters. The molecular weight excluding hydrogens is 400 g/mol. The van der Waals surface area contributed by atoms with Gasteiger partial charge in [-0.15, -0.1) is 22.6 Å². The zero-order valence-electron chi connectivity index (χ0n) is 15.8. The van der Waals surface area contributed by atoms with Gasteiger partial charge in [-0.1, -0.05) is 12.1 Å². The zero-order chi connectivity index (χ0) is 19.5. The Bertz CT molecular complexity index is 881. The molecule has 1 aromatic heterocycles. The van der Waals surface area contributed by atoms with E-state index >= 15 is 0 Å². The van der Waals surface area contributed by atoms with E-state index in [0.717, 1.165) is 44.1 Å². The Morgan fingerprint density at radius 3 is 2.76 bits per heavy atom. The fraction of sp³-hybridized carbons (Fsp3) is 0.500. The number of piperidine rings is 1. The van der Waals surface area contributed by atoms with Crippen LogP contribution in [0.2, 0.25) is 0 Å². The van der Waals surface area contributed by atoms with E-state index < -0.39 is 4.92 Å². The molecule has 11 heteroatoms. The number of nitrogens with one attached hydrogen (secondary N) is 1. The van der Waals surface area contributed by atoms with Gasteiger partial charge in [-0.05, 0) is 18.9 Å². The number of nitro benzene ring substituents is 1. The number of aromatic nitrogens is 3. The predicted molar refractivity (Wildman–Crippen MR) is 106 cm³/mol. The van der Waals surface area contributed by atoms with Crippen molar-refractivity contribution in [3.63, 3.8) is 0 Å². The van der Waals surface area contributed by atoms with Crippen LogP contribution in [0.25, 0.3) is 0 Å². The normalized spacial score (nSPS) is 16.6. The van der Waals surface area contributed by atoms with Gasteiger partial charge in [-0.3, -0.25) is 14.9 Å². The molecule has 0 spiro atoms. The van der Waals surface area contributed by atoms with Crippen molar-refractivity contribution in [1.29, 1.82) is 0 Å². The average Bonchev–Trinajstić information content (AvgIpc) is 3.16. The lowest BCUT2D eigenvalue weighted by Gasteiger charge is -2.32. The molecule has 4 rings (SSSR count). The van der Waals surface area contributed by atoms with E-state index in [0.29, 0.717) is 19.0 Å². The second kappa shape index (κ2) is 9.19. The third-order valence-corrected chi connectivity index (χ3v) is 5.28. The summed E-state index contributed by atoms with van der Waals surface area (Å²) in [4.78, 5) is 24.7. The average molecular weight is 423 g/mol. The number of para-hydroxylation sites is 2. The van der Waals surface area contributed by atoms with Gasteiger partial charge >= 0.3 is 5.69 Å². The van der Waals surface area contributed by atoms with Crippen LogP contribution in [0.3, 0.4) is 0 Å². The van der Waals surface area contributed by atoms with E-state index in [9.17, 15) is 14.9 Å². The Balaban J connectivity index is 0.00000240. The number of carbonyl (C=O) groups excluding carboxylic acids is 1. The van der Waals surface area contributed by atoms with Gasteiger partial charge in [-0.25, -0.2) is 0 Å². The van der Waals surface area contributed by atoms with Gasteiger partial charge in [0.1, 0.15) is 11.6 Å². The molecule has 1 amide bonds. The van der Waals surface area contributed by atoms with Crippen LogP contribution in [0.4, 0.5) is 5.69 Å². The first-order valence-electron chi connectivity index (χ1n) is 9.40. The van der Waals surface area contributed by atoms with Crippen molar-refractivity contribution in [2.75, 3.05) is 26.2 Å². The highest BCUT2D eigenvalue weighted by atomic mass is 35.5. The quantitative estimate of drug-likeness (QED) is 0.573. The second-order valence-electron chi connectivity index (χ2n) is 6.97. The number of amides is 1. The van der Waals surface area contributed by atoms with E-state index in [1.165, 1.54) is 12.1 Å². The number of hydrogen-bond donors (Lipinski definition) is 1. The summed E-state index contributed by atoms with van der Waals surface area (Å²) >= 11 is 0. The van der Waals surface area contributed by atoms with Gasteiger partial charge in [0.25, 0.3) is 5.91 Å². The third kappa shape index (κ3) is 4.48. The molecular formula is C18H23ClN6O4. The molecule has 0 aliphatic carbocycles. The van der Waals surface area contributed by atoms with Crippen molar-refractivity contribution in [3.8, 4) is 5.75 Å². The smallest absolute Gasteiger partial charge is 0.310 e. The van der Waals surface area contributed by atoms with E-state index in [-0.39, 0.29) is 36.4 Å². The van der Waals surface area contributed by atoms with Crippen LogP contribution in [0.15, 0.2) is 24.3 Å². The summed E-state index contributed by atoms with van der Waals surface area (Å²) in [6.07, 6.45) is 1.64. The number of nitro groups is 1. The molecule has 1 saturated heterocycles. The van der Waals surface area contributed by atoms with Crippen LogP contribution >= 0.6 is 12.4 Å². The maximum absolute atomic E-state index is 12.5. The summed E-state index contributed by atoms with van der Waals surface area (Å²) in [7, 11) is 0. The van der Waals surface area contributed by atoms with Gasteiger partial charge in [0.05, 0.1) is 11.5 Å². The first-order valence-corrected chi connectivity index (χ1v) is 9.40. The van der Waals surface area contributed by atoms with Crippen molar-refractivity contribution in [3.05, 3.63) is 46.0 Å². The minimum Gasteiger partial charge on any atom is -0.477 e.